The Bertz CT molecular complexity index is 819. The van der Waals surface area contributed by atoms with Crippen molar-refractivity contribution in [2.45, 2.75) is 20.0 Å². The number of rotatable bonds is 3. The number of aryl methyl sites for hydroxylation is 1. The summed E-state index contributed by atoms with van der Waals surface area (Å²) in [6.45, 7) is 3.87. The van der Waals surface area contributed by atoms with Crippen LogP contribution in [0.2, 0.25) is 0 Å². The van der Waals surface area contributed by atoms with Gasteiger partial charge in [-0.1, -0.05) is 48.5 Å². The number of fused-ring (bicyclic) bond motifs is 1. The fraction of sp³-hybridized carbons (Fsp3) is 0.200. The van der Waals surface area contributed by atoms with Crippen molar-refractivity contribution in [2.24, 2.45) is 0 Å². The minimum absolute atomic E-state index is 0.529. The summed E-state index contributed by atoms with van der Waals surface area (Å²) in [6.07, 6.45) is -0.529. The van der Waals surface area contributed by atoms with E-state index < -0.39 is 6.10 Å². The Morgan fingerprint density at radius 1 is 0.909 bits per heavy atom. The Morgan fingerprint density at radius 3 is 2.41 bits per heavy atom. The summed E-state index contributed by atoms with van der Waals surface area (Å²) in [5, 5.41) is 12.5. The Hall–Kier alpha value is -2.32. The molecule has 3 aromatic rings. The summed E-state index contributed by atoms with van der Waals surface area (Å²) in [6, 6.07) is 18.4. The third kappa shape index (κ3) is 2.36. The van der Waals surface area contributed by atoms with Crippen molar-refractivity contribution in [1.29, 1.82) is 0 Å². The molecule has 0 heterocycles. The monoisotopic (exact) mass is 292 g/mol. The summed E-state index contributed by atoms with van der Waals surface area (Å²) in [7, 11) is 1.69. The molecule has 2 heteroatoms. The maximum Gasteiger partial charge on any atom is 0.127 e. The second kappa shape index (κ2) is 5.82. The van der Waals surface area contributed by atoms with Crippen molar-refractivity contribution in [3.8, 4) is 16.9 Å². The second-order valence-corrected chi connectivity index (χ2v) is 5.58. The molecule has 112 valence electrons. The summed E-state index contributed by atoms with van der Waals surface area (Å²) < 4.78 is 5.62. The van der Waals surface area contributed by atoms with E-state index in [-0.39, 0.29) is 0 Å². The van der Waals surface area contributed by atoms with Gasteiger partial charge < -0.3 is 9.84 Å². The summed E-state index contributed by atoms with van der Waals surface area (Å²) in [5.74, 6) is 0.829. The van der Waals surface area contributed by atoms with Crippen LogP contribution in [0, 0.1) is 6.92 Å². The number of aliphatic hydroxyl groups is 1. The van der Waals surface area contributed by atoms with E-state index >= 15 is 0 Å². The van der Waals surface area contributed by atoms with Gasteiger partial charge in [0.05, 0.1) is 13.2 Å². The molecule has 1 N–H and O–H groups in total. The standard InChI is InChI=1S/C20H20O2/c1-13-7-6-10-16(14(2)21)19(13)20-17-9-5-4-8-15(17)11-12-18(20)22-3/h4-12,14,21H,1-3H3/t14-/m0/s1. The van der Waals surface area contributed by atoms with Gasteiger partial charge in [0.15, 0.2) is 0 Å². The average molecular weight is 292 g/mol. The Labute approximate surface area is 131 Å². The van der Waals surface area contributed by atoms with E-state index in [1.165, 1.54) is 0 Å². The van der Waals surface area contributed by atoms with Gasteiger partial charge in [0.25, 0.3) is 0 Å². The first-order valence-electron chi connectivity index (χ1n) is 7.47. The highest BCUT2D eigenvalue weighted by Crippen LogP contribution is 2.41. The maximum atomic E-state index is 10.2. The number of methoxy groups -OCH3 is 1. The molecular weight excluding hydrogens is 272 g/mol. The largest absolute Gasteiger partial charge is 0.496 e. The van der Waals surface area contributed by atoms with Crippen molar-refractivity contribution >= 4 is 10.8 Å². The fourth-order valence-electron chi connectivity index (χ4n) is 3.06. The van der Waals surface area contributed by atoms with Gasteiger partial charge in [-0.25, -0.2) is 0 Å². The van der Waals surface area contributed by atoms with Gasteiger partial charge in [0.2, 0.25) is 0 Å². The van der Waals surface area contributed by atoms with E-state index in [0.29, 0.717) is 0 Å². The molecule has 0 aliphatic carbocycles. The first-order valence-corrected chi connectivity index (χ1v) is 7.47. The van der Waals surface area contributed by atoms with Crippen LogP contribution in [0.15, 0.2) is 54.6 Å². The number of benzene rings is 3. The highest BCUT2D eigenvalue weighted by molar-refractivity contribution is 6.01. The van der Waals surface area contributed by atoms with Crippen molar-refractivity contribution in [3.63, 3.8) is 0 Å². The van der Waals surface area contributed by atoms with Crippen molar-refractivity contribution in [3.05, 3.63) is 65.7 Å². The normalized spacial score (nSPS) is 12.4. The van der Waals surface area contributed by atoms with E-state index in [2.05, 4.69) is 31.2 Å². The van der Waals surface area contributed by atoms with E-state index in [0.717, 1.165) is 38.8 Å². The highest BCUT2D eigenvalue weighted by Gasteiger charge is 2.18. The molecule has 0 aliphatic rings. The van der Waals surface area contributed by atoms with E-state index in [4.69, 9.17) is 4.74 Å². The number of hydrogen-bond acceptors (Lipinski definition) is 2. The van der Waals surface area contributed by atoms with Crippen LogP contribution in [0.1, 0.15) is 24.2 Å². The third-order valence-corrected chi connectivity index (χ3v) is 4.12. The maximum absolute atomic E-state index is 10.2. The van der Waals surface area contributed by atoms with Gasteiger partial charge >= 0.3 is 0 Å². The van der Waals surface area contributed by atoms with Crippen molar-refractivity contribution < 1.29 is 9.84 Å². The molecule has 3 rings (SSSR count). The predicted octanol–water partition coefficient (Wildman–Crippen LogP) is 4.88. The molecule has 0 saturated heterocycles. The summed E-state index contributed by atoms with van der Waals surface area (Å²) >= 11 is 0. The molecular formula is C20H20O2. The van der Waals surface area contributed by atoms with Gasteiger partial charge in [0.1, 0.15) is 5.75 Å². The fourth-order valence-corrected chi connectivity index (χ4v) is 3.06. The molecule has 0 fully saturated rings. The number of ether oxygens (including phenoxy) is 1. The first-order chi connectivity index (χ1) is 10.6. The molecule has 0 radical (unpaired) electrons. The van der Waals surface area contributed by atoms with Gasteiger partial charge in [0, 0.05) is 5.56 Å². The number of aliphatic hydroxyl groups excluding tert-OH is 1. The van der Waals surface area contributed by atoms with Crippen LogP contribution in [0.3, 0.4) is 0 Å². The molecule has 0 aromatic heterocycles. The molecule has 0 amide bonds. The van der Waals surface area contributed by atoms with Crippen molar-refractivity contribution in [2.75, 3.05) is 7.11 Å². The minimum atomic E-state index is -0.529. The van der Waals surface area contributed by atoms with Crippen LogP contribution < -0.4 is 4.74 Å². The lowest BCUT2D eigenvalue weighted by molar-refractivity contribution is 0.200. The van der Waals surface area contributed by atoms with E-state index in [1.54, 1.807) is 14.0 Å². The van der Waals surface area contributed by atoms with Crippen LogP contribution in [0.25, 0.3) is 21.9 Å². The van der Waals surface area contributed by atoms with E-state index in [1.807, 2.05) is 30.3 Å². The third-order valence-electron chi connectivity index (χ3n) is 4.12. The van der Waals surface area contributed by atoms with Crippen LogP contribution in [0.4, 0.5) is 0 Å². The van der Waals surface area contributed by atoms with Gasteiger partial charge in [-0.15, -0.1) is 0 Å². The number of hydrogen-bond donors (Lipinski definition) is 1. The van der Waals surface area contributed by atoms with Crippen molar-refractivity contribution in [1.82, 2.24) is 0 Å². The molecule has 0 bridgehead atoms. The molecule has 2 nitrogen and oxygen atoms in total. The lowest BCUT2D eigenvalue weighted by Crippen LogP contribution is -1.99. The topological polar surface area (TPSA) is 29.5 Å². The van der Waals surface area contributed by atoms with Gasteiger partial charge in [-0.2, -0.15) is 0 Å². The van der Waals surface area contributed by atoms with Crippen LogP contribution in [-0.2, 0) is 0 Å². The highest BCUT2D eigenvalue weighted by atomic mass is 16.5. The molecule has 0 aliphatic heterocycles. The van der Waals surface area contributed by atoms with Crippen LogP contribution in [-0.4, -0.2) is 12.2 Å². The Kier molecular flexibility index (Phi) is 3.86. The molecule has 22 heavy (non-hydrogen) atoms. The van der Waals surface area contributed by atoms with Crippen LogP contribution >= 0.6 is 0 Å². The second-order valence-electron chi connectivity index (χ2n) is 5.58. The smallest absolute Gasteiger partial charge is 0.127 e. The summed E-state index contributed by atoms with van der Waals surface area (Å²) in [4.78, 5) is 0. The molecule has 0 unspecified atom stereocenters. The minimum Gasteiger partial charge on any atom is -0.496 e. The quantitative estimate of drug-likeness (QED) is 0.745. The Morgan fingerprint density at radius 2 is 1.68 bits per heavy atom. The molecule has 0 spiro atoms. The first kappa shape index (κ1) is 14.6. The van der Waals surface area contributed by atoms with E-state index in [9.17, 15) is 5.11 Å². The van der Waals surface area contributed by atoms with Gasteiger partial charge in [-0.3, -0.25) is 0 Å². The van der Waals surface area contributed by atoms with Crippen LogP contribution in [0.5, 0.6) is 5.75 Å². The molecule has 1 atom stereocenters. The lowest BCUT2D eigenvalue weighted by Gasteiger charge is -2.19. The zero-order valence-electron chi connectivity index (χ0n) is 13.1. The molecule has 0 saturated carbocycles. The van der Waals surface area contributed by atoms with Gasteiger partial charge in [-0.05, 0) is 47.4 Å². The average Bonchev–Trinajstić information content (AvgIpc) is 2.53. The zero-order valence-corrected chi connectivity index (χ0v) is 13.1. The molecule has 3 aromatic carbocycles. The lowest BCUT2D eigenvalue weighted by atomic mass is 9.89. The SMILES string of the molecule is COc1ccc2ccccc2c1-c1c(C)cccc1[C@H](C)O. The summed E-state index contributed by atoms with van der Waals surface area (Å²) in [5.41, 5.74) is 4.17. The predicted molar refractivity (Wildman–Crippen MR) is 91.3 cm³/mol. The Balaban J connectivity index is 2.45. The zero-order chi connectivity index (χ0) is 15.7.